The Morgan fingerprint density at radius 1 is 1.31 bits per heavy atom. The highest BCUT2D eigenvalue weighted by molar-refractivity contribution is 7.18. The second-order valence-electron chi connectivity index (χ2n) is 6.96. The number of hydrogen-bond acceptors (Lipinski definition) is 6. The molecule has 2 aliphatic rings. The number of hydrogen-bond donors (Lipinski definition) is 3. The number of benzene rings is 1. The summed E-state index contributed by atoms with van der Waals surface area (Å²) in [6.07, 6.45) is 0. The standard InChI is InChI=1S/C20H22ClN3O4S/c21-13-3-1-12(2-4-13)16-14-11-15(24-6-9-28-10-7-24)29-18(14)20(27)23-17(16)19(26)22-5-8-25/h1-4,11,16-17,25H,5-10H2,(H,22,26)(H,23,27). The first-order valence-electron chi connectivity index (χ1n) is 9.50. The van der Waals surface area contributed by atoms with Gasteiger partial charge in [0, 0.05) is 30.6 Å². The average Bonchev–Trinajstić information content (AvgIpc) is 3.19. The number of amides is 2. The van der Waals surface area contributed by atoms with Gasteiger partial charge >= 0.3 is 0 Å². The minimum atomic E-state index is -0.769. The summed E-state index contributed by atoms with van der Waals surface area (Å²) in [6, 6.07) is 8.58. The Morgan fingerprint density at radius 3 is 2.72 bits per heavy atom. The molecule has 154 valence electrons. The Balaban J connectivity index is 1.74. The molecule has 1 saturated heterocycles. The molecule has 4 rings (SSSR count). The predicted octanol–water partition coefficient (Wildman–Crippen LogP) is 1.59. The first kappa shape index (κ1) is 20.2. The molecule has 2 unspecified atom stereocenters. The Labute approximate surface area is 177 Å². The van der Waals surface area contributed by atoms with Crippen LogP contribution in [0.2, 0.25) is 5.02 Å². The number of ether oxygens (including phenoxy) is 1. The van der Waals surface area contributed by atoms with Crippen molar-refractivity contribution in [1.29, 1.82) is 0 Å². The maximum atomic E-state index is 12.8. The third kappa shape index (κ3) is 4.11. The third-order valence-corrected chi connectivity index (χ3v) is 6.62. The van der Waals surface area contributed by atoms with Gasteiger partial charge in [0.25, 0.3) is 5.91 Å². The molecule has 0 aliphatic carbocycles. The molecule has 2 amide bonds. The fraction of sp³-hybridized carbons (Fsp3) is 0.400. The van der Waals surface area contributed by atoms with Gasteiger partial charge in [-0.1, -0.05) is 23.7 Å². The van der Waals surface area contributed by atoms with Gasteiger partial charge in [-0.05, 0) is 29.3 Å². The number of aliphatic hydroxyl groups excluding tert-OH is 1. The molecule has 2 atom stereocenters. The van der Waals surface area contributed by atoms with Crippen LogP contribution < -0.4 is 15.5 Å². The molecule has 2 aliphatic heterocycles. The van der Waals surface area contributed by atoms with Crippen LogP contribution in [-0.4, -0.2) is 62.4 Å². The Hall–Kier alpha value is -2.13. The fourth-order valence-corrected chi connectivity index (χ4v) is 5.05. The molecule has 29 heavy (non-hydrogen) atoms. The molecule has 0 saturated carbocycles. The number of anilines is 1. The Kier molecular flexibility index (Phi) is 6.05. The van der Waals surface area contributed by atoms with Crippen LogP contribution in [0.25, 0.3) is 0 Å². The first-order chi connectivity index (χ1) is 14.1. The van der Waals surface area contributed by atoms with Gasteiger partial charge in [0.15, 0.2) is 0 Å². The topological polar surface area (TPSA) is 90.9 Å². The molecular formula is C20H22ClN3O4S. The molecule has 3 heterocycles. The Bertz CT molecular complexity index is 896. The number of thiophene rings is 1. The summed E-state index contributed by atoms with van der Waals surface area (Å²) >= 11 is 7.50. The van der Waals surface area contributed by atoms with Crippen LogP contribution in [0.3, 0.4) is 0 Å². The molecule has 3 N–H and O–H groups in total. The molecule has 0 bridgehead atoms. The number of carbonyl (C=O) groups excluding carboxylic acids is 2. The van der Waals surface area contributed by atoms with E-state index in [2.05, 4.69) is 15.5 Å². The lowest BCUT2D eigenvalue weighted by molar-refractivity contribution is -0.123. The molecule has 2 aromatic rings. The van der Waals surface area contributed by atoms with Crippen molar-refractivity contribution in [2.24, 2.45) is 0 Å². The Morgan fingerprint density at radius 2 is 2.03 bits per heavy atom. The van der Waals surface area contributed by atoms with Crippen LogP contribution in [-0.2, 0) is 9.53 Å². The third-order valence-electron chi connectivity index (χ3n) is 5.15. The van der Waals surface area contributed by atoms with E-state index in [9.17, 15) is 9.59 Å². The second kappa shape index (κ2) is 8.71. The monoisotopic (exact) mass is 435 g/mol. The highest BCUT2D eigenvalue weighted by Crippen LogP contribution is 2.42. The van der Waals surface area contributed by atoms with E-state index in [-0.39, 0.29) is 30.9 Å². The second-order valence-corrected chi connectivity index (χ2v) is 8.43. The molecule has 0 spiro atoms. The molecule has 1 aromatic heterocycles. The highest BCUT2D eigenvalue weighted by atomic mass is 35.5. The molecule has 7 nitrogen and oxygen atoms in total. The quantitative estimate of drug-likeness (QED) is 0.663. The summed E-state index contributed by atoms with van der Waals surface area (Å²) in [6.45, 7) is 2.82. The highest BCUT2D eigenvalue weighted by Gasteiger charge is 2.40. The average molecular weight is 436 g/mol. The summed E-state index contributed by atoms with van der Waals surface area (Å²) in [5.74, 6) is -0.916. The van der Waals surface area contributed by atoms with Crippen molar-refractivity contribution in [2.75, 3.05) is 44.4 Å². The SMILES string of the molecule is O=C1NC(C(=O)NCCO)C(c2ccc(Cl)cc2)c2cc(N3CCOCC3)sc21. The van der Waals surface area contributed by atoms with Crippen molar-refractivity contribution in [3.05, 3.63) is 51.4 Å². The fourth-order valence-electron chi connectivity index (χ4n) is 3.76. The van der Waals surface area contributed by atoms with Gasteiger partial charge in [0.2, 0.25) is 5.91 Å². The maximum absolute atomic E-state index is 12.8. The number of nitrogens with zero attached hydrogens (tertiary/aromatic N) is 1. The molecule has 0 radical (unpaired) electrons. The molecule has 1 fully saturated rings. The van der Waals surface area contributed by atoms with Crippen LogP contribution in [0.5, 0.6) is 0 Å². The van der Waals surface area contributed by atoms with Gasteiger partial charge in [-0.15, -0.1) is 11.3 Å². The van der Waals surface area contributed by atoms with Crippen LogP contribution in [0.4, 0.5) is 5.00 Å². The minimum Gasteiger partial charge on any atom is -0.395 e. The lowest BCUT2D eigenvalue weighted by atomic mass is 9.82. The van der Waals surface area contributed by atoms with Crippen molar-refractivity contribution < 1.29 is 19.4 Å². The van der Waals surface area contributed by atoms with E-state index in [1.54, 1.807) is 12.1 Å². The largest absolute Gasteiger partial charge is 0.395 e. The number of rotatable bonds is 5. The van der Waals surface area contributed by atoms with Crippen LogP contribution in [0.1, 0.15) is 26.7 Å². The van der Waals surface area contributed by atoms with Crippen molar-refractivity contribution >= 4 is 39.8 Å². The van der Waals surface area contributed by atoms with E-state index in [1.165, 1.54) is 11.3 Å². The van der Waals surface area contributed by atoms with Gasteiger partial charge in [-0.25, -0.2) is 0 Å². The van der Waals surface area contributed by atoms with Crippen molar-refractivity contribution in [2.45, 2.75) is 12.0 Å². The minimum absolute atomic E-state index is 0.133. The summed E-state index contributed by atoms with van der Waals surface area (Å²) < 4.78 is 5.43. The zero-order valence-corrected chi connectivity index (χ0v) is 17.3. The van der Waals surface area contributed by atoms with Crippen molar-refractivity contribution in [3.8, 4) is 0 Å². The summed E-state index contributed by atoms with van der Waals surface area (Å²) in [5, 5.41) is 16.2. The summed E-state index contributed by atoms with van der Waals surface area (Å²) in [5.41, 5.74) is 1.73. The van der Waals surface area contributed by atoms with E-state index in [4.69, 9.17) is 21.4 Å². The van der Waals surface area contributed by atoms with Crippen LogP contribution >= 0.6 is 22.9 Å². The van der Waals surface area contributed by atoms with E-state index >= 15 is 0 Å². The summed E-state index contributed by atoms with van der Waals surface area (Å²) in [7, 11) is 0. The van der Waals surface area contributed by atoms with Gasteiger partial charge in [-0.2, -0.15) is 0 Å². The van der Waals surface area contributed by atoms with Gasteiger partial charge in [0.05, 0.1) is 29.7 Å². The lowest BCUT2D eigenvalue weighted by Gasteiger charge is -2.31. The van der Waals surface area contributed by atoms with Gasteiger partial charge in [-0.3, -0.25) is 9.59 Å². The van der Waals surface area contributed by atoms with Crippen molar-refractivity contribution in [3.63, 3.8) is 0 Å². The van der Waals surface area contributed by atoms with Crippen LogP contribution in [0, 0.1) is 0 Å². The lowest BCUT2D eigenvalue weighted by Crippen LogP contribution is -2.53. The molecular weight excluding hydrogens is 414 g/mol. The van der Waals surface area contributed by atoms with Crippen molar-refractivity contribution in [1.82, 2.24) is 10.6 Å². The predicted molar refractivity (Wildman–Crippen MR) is 112 cm³/mol. The number of nitrogens with one attached hydrogen (secondary N) is 2. The number of morpholine rings is 1. The zero-order valence-electron chi connectivity index (χ0n) is 15.7. The number of aliphatic hydroxyl groups is 1. The van der Waals surface area contributed by atoms with E-state index in [1.807, 2.05) is 18.2 Å². The van der Waals surface area contributed by atoms with E-state index in [0.29, 0.717) is 23.1 Å². The number of carbonyl (C=O) groups is 2. The zero-order chi connectivity index (χ0) is 20.4. The first-order valence-corrected chi connectivity index (χ1v) is 10.7. The molecule has 1 aromatic carbocycles. The van der Waals surface area contributed by atoms with Crippen LogP contribution in [0.15, 0.2) is 30.3 Å². The van der Waals surface area contributed by atoms with Gasteiger partial charge in [0.1, 0.15) is 6.04 Å². The van der Waals surface area contributed by atoms with E-state index < -0.39 is 6.04 Å². The smallest absolute Gasteiger partial charge is 0.262 e. The summed E-state index contributed by atoms with van der Waals surface area (Å²) in [4.78, 5) is 28.4. The maximum Gasteiger partial charge on any atom is 0.262 e. The normalized spacial score (nSPS) is 21.4. The van der Waals surface area contributed by atoms with E-state index in [0.717, 1.165) is 29.2 Å². The number of fused-ring (bicyclic) bond motifs is 1. The molecule has 9 heteroatoms. The number of halogens is 1. The van der Waals surface area contributed by atoms with Gasteiger partial charge < -0.3 is 25.4 Å².